The van der Waals surface area contributed by atoms with Crippen LogP contribution >= 0.6 is 28.7 Å². The molecular weight excluding hydrogens is 530 g/mol. The van der Waals surface area contributed by atoms with E-state index in [1.54, 1.807) is 11.8 Å². The molecule has 196 valence electrons. The number of rotatable bonds is 7. The Labute approximate surface area is 224 Å². The van der Waals surface area contributed by atoms with Gasteiger partial charge in [0.2, 0.25) is 17.7 Å². The number of halogens is 1. The maximum Gasteiger partial charge on any atom is 0.236 e. The number of hydrogen-bond acceptors (Lipinski definition) is 8. The molecule has 2 saturated heterocycles. The maximum atomic E-state index is 6.50. The molecule has 2 N–H and O–H groups in total. The molecule has 4 rings (SSSR count). The van der Waals surface area contributed by atoms with Gasteiger partial charge in [0.25, 0.3) is 0 Å². The molecule has 2 fully saturated rings. The number of hydrogen-bond donors (Lipinski definition) is 0. The van der Waals surface area contributed by atoms with E-state index in [1.165, 1.54) is 5.56 Å². The lowest BCUT2D eigenvalue weighted by atomic mass is 10.1. The van der Waals surface area contributed by atoms with Gasteiger partial charge in [0.05, 0.1) is 0 Å². The zero-order valence-electron chi connectivity index (χ0n) is 21.5. The largest absolute Gasteiger partial charge is 0.473 e. The topological polar surface area (TPSA) is 85.5 Å². The van der Waals surface area contributed by atoms with Gasteiger partial charge in [-0.15, -0.1) is 28.7 Å². The number of likely N-dealkylation sites (tertiary alicyclic amines) is 2. The zero-order valence-corrected chi connectivity index (χ0v) is 24.0. The number of anilines is 2. The van der Waals surface area contributed by atoms with Gasteiger partial charge in [-0.1, -0.05) is 17.7 Å². The van der Waals surface area contributed by atoms with E-state index in [1.807, 2.05) is 18.2 Å². The summed E-state index contributed by atoms with van der Waals surface area (Å²) in [6.45, 7) is 6.26. The van der Waals surface area contributed by atoms with Gasteiger partial charge in [0.15, 0.2) is 0 Å². The first-order chi connectivity index (χ1) is 15.9. The van der Waals surface area contributed by atoms with Crippen molar-refractivity contribution in [2.24, 2.45) is 0 Å². The average molecular weight is 571 g/mol. The Balaban J connectivity index is 0.00000216. The van der Waals surface area contributed by atoms with Gasteiger partial charge in [-0.3, -0.25) is 0 Å². The van der Waals surface area contributed by atoms with Crippen LogP contribution in [0.2, 0.25) is 0 Å². The molecule has 0 spiro atoms. The third kappa shape index (κ3) is 7.69. The van der Waals surface area contributed by atoms with Gasteiger partial charge in [-0.25, -0.2) is 0 Å². The number of nitrogens with zero attached hydrogens (tertiary/aromatic N) is 5. The molecule has 2 aliphatic rings. The molecule has 0 saturated carbocycles. The summed E-state index contributed by atoms with van der Waals surface area (Å²) < 4.78 is 13.0. The van der Waals surface area contributed by atoms with Gasteiger partial charge in [0, 0.05) is 38.9 Å². The zero-order chi connectivity index (χ0) is 23.4. The average Bonchev–Trinajstić information content (AvgIpc) is 2.82. The summed E-state index contributed by atoms with van der Waals surface area (Å²) in [4.78, 5) is 17.4. The molecule has 0 atom stereocenters. The van der Waals surface area contributed by atoms with Crippen LogP contribution in [0.1, 0.15) is 31.2 Å². The molecule has 1 aromatic carbocycles. The van der Waals surface area contributed by atoms with Crippen molar-refractivity contribution in [3.05, 3.63) is 29.8 Å². The van der Waals surface area contributed by atoms with Gasteiger partial charge in [-0.05, 0) is 65.1 Å². The van der Waals surface area contributed by atoms with E-state index in [9.17, 15) is 0 Å². The van der Waals surface area contributed by atoms with Crippen LogP contribution in [0.25, 0.3) is 0 Å². The Morgan fingerprint density at radius 2 is 1.29 bits per heavy atom. The van der Waals surface area contributed by atoms with E-state index in [-0.39, 0.29) is 34.7 Å². The fourth-order valence-electron chi connectivity index (χ4n) is 4.29. The van der Waals surface area contributed by atoms with E-state index in [2.05, 4.69) is 55.1 Å². The summed E-state index contributed by atoms with van der Waals surface area (Å²) in [5.41, 5.74) is 2.26. The number of aromatic nitrogens is 2. The Bertz CT molecular complexity index is 875. The Hall–Kier alpha value is -1.59. The van der Waals surface area contributed by atoms with Gasteiger partial charge < -0.3 is 29.6 Å². The summed E-state index contributed by atoms with van der Waals surface area (Å²) in [5, 5.41) is 0. The predicted octanol–water partition coefficient (Wildman–Crippen LogP) is 3.97. The van der Waals surface area contributed by atoms with Crippen LogP contribution in [0.15, 0.2) is 29.2 Å². The monoisotopic (exact) mass is 569 g/mol. The fraction of sp³-hybridized carbons (Fsp3) is 0.600. The number of benzene rings is 1. The first kappa shape index (κ1) is 29.6. The summed E-state index contributed by atoms with van der Waals surface area (Å²) in [5.74, 6) is 1.88. The summed E-state index contributed by atoms with van der Waals surface area (Å²) in [6, 6.07) is 8.40. The first-order valence-electron chi connectivity index (χ1n) is 11.9. The number of ether oxygens (including phenoxy) is 2. The summed E-state index contributed by atoms with van der Waals surface area (Å²) in [7, 11) is 6.32. The van der Waals surface area contributed by atoms with Crippen LogP contribution in [-0.2, 0) is 0 Å². The van der Waals surface area contributed by atoms with Gasteiger partial charge >= 0.3 is 0 Å². The molecule has 35 heavy (non-hydrogen) atoms. The van der Waals surface area contributed by atoms with Crippen molar-refractivity contribution in [2.45, 2.75) is 49.7 Å². The molecule has 10 heteroatoms. The second kappa shape index (κ2) is 13.6. The highest BCUT2D eigenvalue weighted by molar-refractivity contribution is 8.93. The summed E-state index contributed by atoms with van der Waals surface area (Å²) in [6.07, 6.45) is 6.38. The Morgan fingerprint density at radius 3 is 1.69 bits per heavy atom. The van der Waals surface area contributed by atoms with E-state index in [0.717, 1.165) is 62.4 Å². The highest BCUT2D eigenvalue weighted by Gasteiger charge is 2.27. The minimum absolute atomic E-state index is 0. The molecule has 2 aliphatic heterocycles. The molecular formula is C25H40BrN5O3S. The van der Waals surface area contributed by atoms with Gasteiger partial charge in [-0.2, -0.15) is 9.97 Å². The molecule has 0 radical (unpaired) electrons. The first-order valence-corrected chi connectivity index (χ1v) is 13.1. The Kier molecular flexibility index (Phi) is 11.6. The summed E-state index contributed by atoms with van der Waals surface area (Å²) >= 11 is 1.60. The highest BCUT2D eigenvalue weighted by Crippen LogP contribution is 2.39. The lowest BCUT2D eigenvalue weighted by molar-refractivity contribution is 0.0962. The molecule has 0 unspecified atom stereocenters. The molecule has 0 aliphatic carbocycles. The second-order valence-electron chi connectivity index (χ2n) is 9.30. The molecule has 3 heterocycles. The predicted molar refractivity (Wildman–Crippen MR) is 149 cm³/mol. The number of piperidine rings is 2. The van der Waals surface area contributed by atoms with Crippen LogP contribution in [0.3, 0.4) is 0 Å². The van der Waals surface area contributed by atoms with Crippen molar-refractivity contribution in [1.29, 1.82) is 0 Å². The third-order valence-electron chi connectivity index (χ3n) is 6.60. The van der Waals surface area contributed by atoms with Gasteiger partial charge in [0.1, 0.15) is 17.1 Å². The quantitative estimate of drug-likeness (QED) is 0.463. The van der Waals surface area contributed by atoms with Crippen LogP contribution in [-0.4, -0.2) is 91.0 Å². The van der Waals surface area contributed by atoms with E-state index < -0.39 is 0 Å². The molecule has 8 nitrogen and oxygen atoms in total. The molecule has 2 aromatic rings. The Morgan fingerprint density at radius 1 is 0.857 bits per heavy atom. The maximum absolute atomic E-state index is 6.50. The van der Waals surface area contributed by atoms with Crippen molar-refractivity contribution >= 4 is 40.4 Å². The van der Waals surface area contributed by atoms with Crippen molar-refractivity contribution in [2.75, 3.05) is 58.5 Å². The lowest BCUT2D eigenvalue weighted by Gasteiger charge is -2.31. The van der Waals surface area contributed by atoms with Crippen LogP contribution in [0.5, 0.6) is 11.8 Å². The second-order valence-corrected chi connectivity index (χ2v) is 10.1. The van der Waals surface area contributed by atoms with Crippen LogP contribution < -0.4 is 14.4 Å². The number of aryl methyl sites for hydroxylation is 1. The minimum Gasteiger partial charge on any atom is -0.473 e. The van der Waals surface area contributed by atoms with E-state index in [4.69, 9.17) is 19.4 Å². The van der Waals surface area contributed by atoms with Crippen molar-refractivity contribution < 1.29 is 14.9 Å². The lowest BCUT2D eigenvalue weighted by Crippen LogP contribution is -2.36. The van der Waals surface area contributed by atoms with Crippen molar-refractivity contribution in [3.63, 3.8) is 0 Å². The highest BCUT2D eigenvalue weighted by atomic mass is 79.9. The fourth-order valence-corrected chi connectivity index (χ4v) is 4.83. The SMILES string of the molecule is Br.CSc1c(OC2CCN(C)CC2)nc(N(C)c2ccc(C)cc2)nc1OC1CCN(C)CC1.O. The minimum atomic E-state index is 0. The normalized spacial score (nSPS) is 17.9. The molecule has 1 aromatic heterocycles. The van der Waals surface area contributed by atoms with Crippen LogP contribution in [0.4, 0.5) is 11.6 Å². The van der Waals surface area contributed by atoms with Crippen molar-refractivity contribution in [1.82, 2.24) is 19.8 Å². The van der Waals surface area contributed by atoms with Crippen LogP contribution in [0, 0.1) is 6.92 Å². The smallest absolute Gasteiger partial charge is 0.236 e. The molecule has 0 bridgehead atoms. The van der Waals surface area contributed by atoms with E-state index >= 15 is 0 Å². The standard InChI is InChI=1S/C25H37N5O2S.BrH.H2O/c1-18-6-8-19(9-7-18)30(4)25-26-23(31-20-10-14-28(2)15-11-20)22(33-5)24(27-25)32-21-12-16-29(3)17-13-21;;/h6-9,20-21H,10-17H2,1-5H3;1H;1H2. The number of thioether (sulfide) groups is 1. The third-order valence-corrected chi connectivity index (χ3v) is 7.36. The van der Waals surface area contributed by atoms with E-state index in [0.29, 0.717) is 17.7 Å². The van der Waals surface area contributed by atoms with Crippen molar-refractivity contribution in [3.8, 4) is 11.8 Å². The molecule has 0 amide bonds.